The van der Waals surface area contributed by atoms with Gasteiger partial charge in [-0.05, 0) is 56.7 Å². The molecular weight excluding hydrogens is 278 g/mol. The van der Waals surface area contributed by atoms with E-state index in [0.717, 1.165) is 41.0 Å². The Morgan fingerprint density at radius 3 is 2.41 bits per heavy atom. The lowest BCUT2D eigenvalue weighted by molar-refractivity contribution is -0.116. The highest BCUT2D eigenvalue weighted by Crippen LogP contribution is 2.49. The number of carbonyl (C=O) groups is 1. The summed E-state index contributed by atoms with van der Waals surface area (Å²) >= 11 is 0. The minimum absolute atomic E-state index is 0.0727. The predicted octanol–water partition coefficient (Wildman–Crippen LogP) is 2.97. The van der Waals surface area contributed by atoms with Crippen molar-refractivity contribution in [2.24, 2.45) is 5.92 Å². The topological polar surface area (TPSA) is 47.6 Å². The fourth-order valence-electron chi connectivity index (χ4n) is 3.62. The van der Waals surface area contributed by atoms with E-state index < -0.39 is 5.54 Å². The Morgan fingerprint density at radius 1 is 1.18 bits per heavy atom. The molecule has 1 aromatic rings. The monoisotopic (exact) mass is 301 g/mol. The first-order valence-corrected chi connectivity index (χ1v) is 7.69. The van der Waals surface area contributed by atoms with Crippen LogP contribution in [0.1, 0.15) is 36.5 Å². The third-order valence-electron chi connectivity index (χ3n) is 4.81. The van der Waals surface area contributed by atoms with Crippen molar-refractivity contribution in [1.29, 1.82) is 0 Å². The molecule has 1 saturated carbocycles. The van der Waals surface area contributed by atoms with Gasteiger partial charge < -0.3 is 14.8 Å². The minimum atomic E-state index is -0.399. The summed E-state index contributed by atoms with van der Waals surface area (Å²) in [4.78, 5) is 12.7. The largest absolute Gasteiger partial charge is 0.498 e. The van der Waals surface area contributed by atoms with Crippen molar-refractivity contribution in [2.45, 2.75) is 39.2 Å². The SMILES string of the molecule is COC1=C(c2c(C)cc(C)cc2OC)C(=O)NC1(C)C1CC1. The summed E-state index contributed by atoms with van der Waals surface area (Å²) in [5.74, 6) is 1.85. The van der Waals surface area contributed by atoms with Gasteiger partial charge in [0.15, 0.2) is 0 Å². The highest BCUT2D eigenvalue weighted by atomic mass is 16.5. The number of rotatable bonds is 4. The summed E-state index contributed by atoms with van der Waals surface area (Å²) < 4.78 is 11.2. The Morgan fingerprint density at radius 2 is 1.86 bits per heavy atom. The van der Waals surface area contributed by atoms with Crippen molar-refractivity contribution in [3.8, 4) is 5.75 Å². The zero-order valence-electron chi connectivity index (χ0n) is 13.9. The number of hydrogen-bond acceptors (Lipinski definition) is 3. The third kappa shape index (κ3) is 2.09. The standard InChI is InChI=1S/C18H23NO3/c1-10-8-11(2)14(13(9-10)21-4)15-16(22-5)18(3,12-6-7-12)19-17(15)20/h8-9,12H,6-7H2,1-5H3,(H,19,20). The first-order chi connectivity index (χ1) is 10.4. The van der Waals surface area contributed by atoms with Crippen molar-refractivity contribution in [3.63, 3.8) is 0 Å². The Labute approximate surface area is 131 Å². The molecule has 1 fully saturated rings. The number of aryl methyl sites for hydroxylation is 2. The summed E-state index contributed by atoms with van der Waals surface area (Å²) in [6.45, 7) is 6.09. The molecule has 4 heteroatoms. The van der Waals surface area contributed by atoms with Gasteiger partial charge in [0.2, 0.25) is 0 Å². The fraction of sp³-hybridized carbons (Fsp3) is 0.500. The zero-order valence-corrected chi connectivity index (χ0v) is 13.9. The van der Waals surface area contributed by atoms with Gasteiger partial charge in [0.25, 0.3) is 5.91 Å². The van der Waals surface area contributed by atoms with E-state index in [9.17, 15) is 4.79 Å². The van der Waals surface area contributed by atoms with Crippen LogP contribution in [0.3, 0.4) is 0 Å². The fourth-order valence-corrected chi connectivity index (χ4v) is 3.62. The van der Waals surface area contributed by atoms with Gasteiger partial charge in [0.1, 0.15) is 11.5 Å². The van der Waals surface area contributed by atoms with E-state index in [0.29, 0.717) is 11.5 Å². The van der Waals surface area contributed by atoms with E-state index in [4.69, 9.17) is 9.47 Å². The van der Waals surface area contributed by atoms with Crippen molar-refractivity contribution < 1.29 is 14.3 Å². The quantitative estimate of drug-likeness (QED) is 0.930. The molecule has 0 aromatic heterocycles. The lowest BCUT2D eigenvalue weighted by Gasteiger charge is -2.26. The number of nitrogens with one attached hydrogen (secondary N) is 1. The second-order valence-corrected chi connectivity index (χ2v) is 6.50. The van der Waals surface area contributed by atoms with Crippen LogP contribution in [0.2, 0.25) is 0 Å². The van der Waals surface area contributed by atoms with Crippen LogP contribution in [0.5, 0.6) is 5.75 Å². The molecule has 118 valence electrons. The molecule has 2 aliphatic rings. The second kappa shape index (κ2) is 5.04. The molecule has 1 atom stereocenters. The molecule has 3 rings (SSSR count). The third-order valence-corrected chi connectivity index (χ3v) is 4.81. The molecular formula is C18H23NO3. The summed E-state index contributed by atoms with van der Waals surface area (Å²) in [5.41, 5.74) is 3.19. The Bertz CT molecular complexity index is 673. The van der Waals surface area contributed by atoms with Crippen LogP contribution in [0.4, 0.5) is 0 Å². The lowest BCUT2D eigenvalue weighted by atomic mass is 9.90. The molecule has 1 aliphatic heterocycles. The predicted molar refractivity (Wildman–Crippen MR) is 85.7 cm³/mol. The summed E-state index contributed by atoms with van der Waals surface area (Å²) in [5, 5.41) is 3.14. The number of hydrogen-bond donors (Lipinski definition) is 1. The number of amides is 1. The zero-order chi connectivity index (χ0) is 16.1. The normalized spacial score (nSPS) is 24.5. The lowest BCUT2D eigenvalue weighted by Crippen LogP contribution is -2.44. The van der Waals surface area contributed by atoms with Crippen LogP contribution < -0.4 is 10.1 Å². The number of benzene rings is 1. The molecule has 1 amide bonds. The van der Waals surface area contributed by atoms with Gasteiger partial charge in [-0.25, -0.2) is 0 Å². The maximum Gasteiger partial charge on any atom is 0.256 e. The molecule has 22 heavy (non-hydrogen) atoms. The van der Waals surface area contributed by atoms with Crippen LogP contribution in [0, 0.1) is 19.8 Å². The maximum atomic E-state index is 12.7. The first-order valence-electron chi connectivity index (χ1n) is 7.69. The molecule has 1 aromatic carbocycles. The van der Waals surface area contributed by atoms with E-state index in [2.05, 4.69) is 18.3 Å². The van der Waals surface area contributed by atoms with Crippen LogP contribution >= 0.6 is 0 Å². The average Bonchev–Trinajstić information content (AvgIpc) is 3.26. The molecule has 1 aliphatic carbocycles. The van der Waals surface area contributed by atoms with Crippen LogP contribution in [-0.4, -0.2) is 25.7 Å². The maximum absolute atomic E-state index is 12.7. The Hall–Kier alpha value is -1.97. The van der Waals surface area contributed by atoms with Gasteiger partial charge in [0, 0.05) is 5.56 Å². The summed E-state index contributed by atoms with van der Waals surface area (Å²) in [7, 11) is 3.28. The van der Waals surface area contributed by atoms with Crippen molar-refractivity contribution in [2.75, 3.05) is 14.2 Å². The van der Waals surface area contributed by atoms with E-state index in [1.165, 1.54) is 0 Å². The highest BCUT2D eigenvalue weighted by Gasteiger charge is 2.53. The highest BCUT2D eigenvalue weighted by molar-refractivity contribution is 6.24. The molecule has 0 spiro atoms. The van der Waals surface area contributed by atoms with E-state index in [1.54, 1.807) is 14.2 Å². The van der Waals surface area contributed by atoms with Crippen molar-refractivity contribution >= 4 is 11.5 Å². The molecule has 1 unspecified atom stereocenters. The van der Waals surface area contributed by atoms with Crippen LogP contribution in [0.15, 0.2) is 17.9 Å². The minimum Gasteiger partial charge on any atom is -0.498 e. The van der Waals surface area contributed by atoms with Gasteiger partial charge in [-0.2, -0.15) is 0 Å². The molecule has 1 N–H and O–H groups in total. The number of ether oxygens (including phenoxy) is 2. The Kier molecular flexibility index (Phi) is 3.42. The number of carbonyl (C=O) groups excluding carboxylic acids is 1. The first kappa shape index (κ1) is 14.9. The van der Waals surface area contributed by atoms with E-state index in [1.807, 2.05) is 19.9 Å². The molecule has 0 radical (unpaired) electrons. The van der Waals surface area contributed by atoms with E-state index in [-0.39, 0.29) is 5.91 Å². The van der Waals surface area contributed by atoms with Gasteiger partial charge >= 0.3 is 0 Å². The van der Waals surface area contributed by atoms with Crippen molar-refractivity contribution in [3.05, 3.63) is 34.6 Å². The number of methoxy groups -OCH3 is 2. The van der Waals surface area contributed by atoms with Gasteiger partial charge in [0.05, 0.1) is 25.3 Å². The van der Waals surface area contributed by atoms with Crippen molar-refractivity contribution in [1.82, 2.24) is 5.32 Å². The van der Waals surface area contributed by atoms with Gasteiger partial charge in [-0.15, -0.1) is 0 Å². The second-order valence-electron chi connectivity index (χ2n) is 6.50. The average molecular weight is 301 g/mol. The molecule has 4 nitrogen and oxygen atoms in total. The Balaban J connectivity index is 2.23. The van der Waals surface area contributed by atoms with Crippen LogP contribution in [-0.2, 0) is 9.53 Å². The van der Waals surface area contributed by atoms with Crippen LogP contribution in [0.25, 0.3) is 5.57 Å². The van der Waals surface area contributed by atoms with E-state index >= 15 is 0 Å². The molecule has 0 bridgehead atoms. The molecule has 0 saturated heterocycles. The summed E-state index contributed by atoms with van der Waals surface area (Å²) in [6, 6.07) is 4.03. The summed E-state index contributed by atoms with van der Waals surface area (Å²) in [6.07, 6.45) is 2.25. The smallest absolute Gasteiger partial charge is 0.256 e. The van der Waals surface area contributed by atoms with Gasteiger partial charge in [-0.1, -0.05) is 6.07 Å². The van der Waals surface area contributed by atoms with Gasteiger partial charge in [-0.3, -0.25) is 4.79 Å². The molecule has 1 heterocycles.